The predicted molar refractivity (Wildman–Crippen MR) is 101 cm³/mol. The minimum Gasteiger partial charge on any atom is -0.472 e. The molecule has 2 saturated heterocycles. The van der Waals surface area contributed by atoms with E-state index in [0.29, 0.717) is 12.1 Å². The Kier molecular flexibility index (Phi) is 5.27. The number of rotatable bonds is 4. The third-order valence-corrected chi connectivity index (χ3v) is 6.43. The number of nitrogens with zero attached hydrogens (tertiary/aromatic N) is 3. The number of hydrogen-bond donors (Lipinski definition) is 1. The number of hydrogen-bond acceptors (Lipinski definition) is 5. The number of aliphatic hydroxyl groups excluding tert-OH is 1. The van der Waals surface area contributed by atoms with Crippen molar-refractivity contribution in [1.82, 2.24) is 14.8 Å². The van der Waals surface area contributed by atoms with E-state index < -0.39 is 0 Å². The Morgan fingerprint density at radius 3 is 2.70 bits per heavy atom. The maximum atomic E-state index is 12.6. The van der Waals surface area contributed by atoms with Crippen LogP contribution in [0.3, 0.4) is 0 Å². The third-order valence-electron chi connectivity index (χ3n) is 6.43. The molecule has 144 valence electrons. The van der Waals surface area contributed by atoms with Gasteiger partial charge in [-0.3, -0.25) is 14.7 Å². The second-order valence-electron chi connectivity index (χ2n) is 7.85. The topological polar surface area (TPSA) is 69.8 Å². The van der Waals surface area contributed by atoms with E-state index in [1.165, 1.54) is 12.5 Å². The van der Waals surface area contributed by atoms with Crippen molar-refractivity contribution >= 4 is 5.91 Å². The summed E-state index contributed by atoms with van der Waals surface area (Å²) in [5, 5.41) is 10.1. The van der Waals surface area contributed by atoms with Gasteiger partial charge in [0.25, 0.3) is 5.91 Å². The molecule has 0 saturated carbocycles. The zero-order valence-electron chi connectivity index (χ0n) is 15.6. The lowest BCUT2D eigenvalue weighted by atomic mass is 9.64. The van der Waals surface area contributed by atoms with E-state index in [1.807, 2.05) is 23.2 Å². The van der Waals surface area contributed by atoms with Crippen LogP contribution in [0.2, 0.25) is 0 Å². The van der Waals surface area contributed by atoms with E-state index in [4.69, 9.17) is 4.42 Å². The molecule has 0 radical (unpaired) electrons. The third kappa shape index (κ3) is 3.77. The Morgan fingerprint density at radius 2 is 2.04 bits per heavy atom. The van der Waals surface area contributed by atoms with Gasteiger partial charge in [-0.25, -0.2) is 0 Å². The van der Waals surface area contributed by atoms with Gasteiger partial charge in [0.1, 0.15) is 6.26 Å². The monoisotopic (exact) mass is 369 g/mol. The molecule has 2 fully saturated rings. The fourth-order valence-electron chi connectivity index (χ4n) is 4.65. The Bertz CT molecular complexity index is 739. The largest absolute Gasteiger partial charge is 0.472 e. The summed E-state index contributed by atoms with van der Waals surface area (Å²) in [5.74, 6) is 0.142. The van der Waals surface area contributed by atoms with Crippen LogP contribution in [0.4, 0.5) is 0 Å². The fraction of sp³-hybridized carbons (Fsp3) is 0.524. The molecule has 1 unspecified atom stereocenters. The van der Waals surface area contributed by atoms with Crippen molar-refractivity contribution in [2.45, 2.75) is 25.8 Å². The molecular weight excluding hydrogens is 342 g/mol. The smallest absolute Gasteiger partial charge is 0.257 e. The minimum atomic E-state index is 0.00429. The SMILES string of the molecule is O=C(c1ccoc1)N1CCC2(CCN(Cc3ccccn3)CC2)C(CO)C1. The van der Waals surface area contributed by atoms with Gasteiger partial charge in [-0.1, -0.05) is 6.07 Å². The molecule has 1 N–H and O–H groups in total. The predicted octanol–water partition coefficient (Wildman–Crippen LogP) is 2.41. The molecule has 2 aromatic rings. The molecule has 0 aliphatic carbocycles. The van der Waals surface area contributed by atoms with Crippen LogP contribution >= 0.6 is 0 Å². The summed E-state index contributed by atoms with van der Waals surface area (Å²) in [6.07, 6.45) is 7.96. The molecule has 27 heavy (non-hydrogen) atoms. The number of aliphatic hydroxyl groups is 1. The molecule has 1 amide bonds. The first-order valence-electron chi connectivity index (χ1n) is 9.75. The van der Waals surface area contributed by atoms with Crippen LogP contribution < -0.4 is 0 Å². The molecule has 2 aliphatic rings. The van der Waals surface area contributed by atoms with Crippen molar-refractivity contribution < 1.29 is 14.3 Å². The molecule has 0 aromatic carbocycles. The quantitative estimate of drug-likeness (QED) is 0.896. The zero-order chi connectivity index (χ0) is 18.7. The Hall–Kier alpha value is -2.18. The van der Waals surface area contributed by atoms with Crippen molar-refractivity contribution in [1.29, 1.82) is 0 Å². The van der Waals surface area contributed by atoms with Crippen molar-refractivity contribution in [2.24, 2.45) is 11.3 Å². The molecule has 6 heteroatoms. The van der Waals surface area contributed by atoms with Gasteiger partial charge in [-0.15, -0.1) is 0 Å². The van der Waals surface area contributed by atoms with Gasteiger partial charge in [-0.05, 0) is 56.0 Å². The number of amides is 1. The summed E-state index contributed by atoms with van der Waals surface area (Å²) in [4.78, 5) is 21.4. The van der Waals surface area contributed by atoms with Crippen LogP contribution in [0, 0.1) is 11.3 Å². The average molecular weight is 369 g/mol. The number of carbonyl (C=O) groups is 1. The van der Waals surface area contributed by atoms with Crippen LogP contribution in [-0.2, 0) is 6.54 Å². The van der Waals surface area contributed by atoms with Crippen molar-refractivity contribution in [3.8, 4) is 0 Å². The summed E-state index contributed by atoms with van der Waals surface area (Å²) in [7, 11) is 0. The second-order valence-corrected chi connectivity index (χ2v) is 7.85. The van der Waals surface area contributed by atoms with Gasteiger partial charge < -0.3 is 14.4 Å². The van der Waals surface area contributed by atoms with E-state index in [0.717, 1.165) is 51.1 Å². The van der Waals surface area contributed by atoms with Gasteiger partial charge in [0, 0.05) is 38.4 Å². The lowest BCUT2D eigenvalue weighted by molar-refractivity contribution is -0.0366. The number of likely N-dealkylation sites (tertiary alicyclic amines) is 2. The van der Waals surface area contributed by atoms with Crippen LogP contribution in [0.15, 0.2) is 47.4 Å². The molecule has 4 heterocycles. The van der Waals surface area contributed by atoms with Gasteiger partial charge in [0.05, 0.1) is 17.5 Å². The first kappa shape index (κ1) is 18.2. The van der Waals surface area contributed by atoms with E-state index in [2.05, 4.69) is 16.0 Å². The maximum Gasteiger partial charge on any atom is 0.257 e. The van der Waals surface area contributed by atoms with Gasteiger partial charge in [0.15, 0.2) is 0 Å². The summed E-state index contributed by atoms with van der Waals surface area (Å²) >= 11 is 0. The Morgan fingerprint density at radius 1 is 1.22 bits per heavy atom. The molecule has 6 nitrogen and oxygen atoms in total. The highest BCUT2D eigenvalue weighted by atomic mass is 16.3. The molecule has 1 spiro atoms. The van der Waals surface area contributed by atoms with Gasteiger partial charge >= 0.3 is 0 Å². The first-order valence-corrected chi connectivity index (χ1v) is 9.75. The molecule has 1 atom stereocenters. The number of carbonyl (C=O) groups excluding carboxylic acids is 1. The number of pyridine rings is 1. The zero-order valence-corrected chi connectivity index (χ0v) is 15.6. The Labute approximate surface area is 159 Å². The highest BCUT2D eigenvalue weighted by Crippen LogP contribution is 2.45. The molecule has 2 aromatic heterocycles. The normalized spacial score (nSPS) is 22.9. The van der Waals surface area contributed by atoms with Crippen LogP contribution in [0.1, 0.15) is 35.3 Å². The summed E-state index contributed by atoms with van der Waals surface area (Å²) in [5.41, 5.74) is 1.84. The van der Waals surface area contributed by atoms with Crippen LogP contribution in [0.5, 0.6) is 0 Å². The van der Waals surface area contributed by atoms with Crippen LogP contribution in [-0.4, -0.2) is 58.6 Å². The minimum absolute atomic E-state index is 0.00429. The van der Waals surface area contributed by atoms with Crippen molar-refractivity contribution in [3.05, 3.63) is 54.2 Å². The number of aromatic nitrogens is 1. The number of furan rings is 1. The summed E-state index contributed by atoms with van der Waals surface area (Å²) in [6, 6.07) is 7.75. The number of piperidine rings is 2. The first-order chi connectivity index (χ1) is 13.2. The molecular formula is C21H27N3O3. The maximum absolute atomic E-state index is 12.6. The van der Waals surface area contributed by atoms with E-state index >= 15 is 0 Å². The highest BCUT2D eigenvalue weighted by Gasteiger charge is 2.45. The lowest BCUT2D eigenvalue weighted by Gasteiger charge is -2.51. The Balaban J connectivity index is 1.37. The standard InChI is InChI=1S/C21H27N3O3/c25-15-18-13-24(20(26)17-4-12-27-16-17)11-7-21(18)5-9-23(10-6-21)14-19-3-1-2-8-22-19/h1-4,8,12,16,18,25H,5-7,9-11,13-15H2. The molecule has 0 bridgehead atoms. The highest BCUT2D eigenvalue weighted by molar-refractivity contribution is 5.93. The van der Waals surface area contributed by atoms with E-state index in [9.17, 15) is 9.90 Å². The fourth-order valence-corrected chi connectivity index (χ4v) is 4.65. The molecule has 4 rings (SSSR count). The van der Waals surface area contributed by atoms with E-state index in [-0.39, 0.29) is 23.8 Å². The lowest BCUT2D eigenvalue weighted by Crippen LogP contribution is -2.54. The van der Waals surface area contributed by atoms with Gasteiger partial charge in [0.2, 0.25) is 0 Å². The van der Waals surface area contributed by atoms with Gasteiger partial charge in [-0.2, -0.15) is 0 Å². The molecule has 2 aliphatic heterocycles. The van der Waals surface area contributed by atoms with Crippen molar-refractivity contribution in [3.63, 3.8) is 0 Å². The second kappa shape index (κ2) is 7.82. The van der Waals surface area contributed by atoms with E-state index in [1.54, 1.807) is 6.07 Å². The van der Waals surface area contributed by atoms with Crippen molar-refractivity contribution in [2.75, 3.05) is 32.8 Å². The summed E-state index contributed by atoms with van der Waals surface area (Å²) in [6.45, 7) is 4.42. The summed E-state index contributed by atoms with van der Waals surface area (Å²) < 4.78 is 5.04. The van der Waals surface area contributed by atoms with Crippen LogP contribution in [0.25, 0.3) is 0 Å². The average Bonchev–Trinajstić information content (AvgIpc) is 3.25.